The Labute approximate surface area is 103 Å². The molecule has 0 spiro atoms. The van der Waals surface area contributed by atoms with Crippen LogP contribution < -0.4 is 15.4 Å². The van der Waals surface area contributed by atoms with Crippen LogP contribution in [0.15, 0.2) is 29.2 Å². The molecule has 17 heavy (non-hydrogen) atoms. The van der Waals surface area contributed by atoms with Crippen molar-refractivity contribution in [2.45, 2.75) is 11.8 Å². The fourth-order valence-corrected chi connectivity index (χ4v) is 2.87. The average Bonchev–Trinajstić information content (AvgIpc) is 2.29. The molecule has 1 aromatic rings. The molecule has 0 aromatic heterocycles. The Morgan fingerprint density at radius 3 is 2.59 bits per heavy atom. The van der Waals surface area contributed by atoms with E-state index in [1.807, 2.05) is 18.0 Å². The predicted molar refractivity (Wildman–Crippen MR) is 69.6 cm³/mol. The number of hydrogen-bond acceptors (Lipinski definition) is 4. The van der Waals surface area contributed by atoms with Crippen molar-refractivity contribution >= 4 is 15.7 Å². The van der Waals surface area contributed by atoms with Crippen molar-refractivity contribution < 1.29 is 8.42 Å². The first-order chi connectivity index (χ1) is 8.03. The lowest BCUT2D eigenvalue weighted by molar-refractivity contribution is 0.583. The van der Waals surface area contributed by atoms with Gasteiger partial charge in [0.2, 0.25) is 10.0 Å². The molecular formula is C11H19N3O2S. The third-order valence-electron chi connectivity index (χ3n) is 2.36. The molecule has 1 rings (SSSR count). The maximum Gasteiger partial charge on any atom is 0.242 e. The summed E-state index contributed by atoms with van der Waals surface area (Å²) in [5.41, 5.74) is 6.14. The highest BCUT2D eigenvalue weighted by molar-refractivity contribution is 7.89. The minimum atomic E-state index is -3.44. The quantitative estimate of drug-likeness (QED) is 0.772. The average molecular weight is 257 g/mol. The second-order valence-corrected chi connectivity index (χ2v) is 5.41. The van der Waals surface area contributed by atoms with Crippen LogP contribution in [0.5, 0.6) is 0 Å². The largest absolute Gasteiger partial charge is 0.372 e. The molecule has 3 N–H and O–H groups in total. The normalized spacial score (nSPS) is 11.5. The van der Waals surface area contributed by atoms with Crippen LogP contribution in [0.3, 0.4) is 0 Å². The number of para-hydroxylation sites is 1. The number of rotatable bonds is 6. The van der Waals surface area contributed by atoms with Gasteiger partial charge in [-0.25, -0.2) is 13.1 Å². The molecule has 96 valence electrons. The van der Waals surface area contributed by atoms with Gasteiger partial charge in [0.1, 0.15) is 4.90 Å². The van der Waals surface area contributed by atoms with Crippen molar-refractivity contribution in [2.75, 3.05) is 31.6 Å². The highest BCUT2D eigenvalue weighted by Crippen LogP contribution is 2.23. The number of likely N-dealkylation sites (N-methyl/N-ethyl adjacent to an activating group) is 1. The highest BCUT2D eigenvalue weighted by atomic mass is 32.2. The summed E-state index contributed by atoms with van der Waals surface area (Å²) in [6.07, 6.45) is 0. The highest BCUT2D eigenvalue weighted by Gasteiger charge is 2.18. The molecule has 0 fully saturated rings. The van der Waals surface area contributed by atoms with E-state index in [0.717, 1.165) is 0 Å². The van der Waals surface area contributed by atoms with Gasteiger partial charge in [0, 0.05) is 26.7 Å². The van der Waals surface area contributed by atoms with E-state index in [-0.39, 0.29) is 4.90 Å². The van der Waals surface area contributed by atoms with Gasteiger partial charge >= 0.3 is 0 Å². The third-order valence-corrected chi connectivity index (χ3v) is 3.96. The zero-order valence-electron chi connectivity index (χ0n) is 10.2. The van der Waals surface area contributed by atoms with Crippen molar-refractivity contribution in [3.63, 3.8) is 0 Å². The van der Waals surface area contributed by atoms with E-state index < -0.39 is 10.0 Å². The summed E-state index contributed by atoms with van der Waals surface area (Å²) in [6.45, 7) is 3.21. The lowest BCUT2D eigenvalue weighted by Gasteiger charge is -2.21. The Kier molecular flexibility index (Phi) is 4.92. The Morgan fingerprint density at radius 2 is 2.00 bits per heavy atom. The summed E-state index contributed by atoms with van der Waals surface area (Å²) in [5.74, 6) is 0. The molecule has 0 heterocycles. The number of benzene rings is 1. The van der Waals surface area contributed by atoms with Gasteiger partial charge in [-0.2, -0.15) is 0 Å². The van der Waals surface area contributed by atoms with Crippen LogP contribution >= 0.6 is 0 Å². The van der Waals surface area contributed by atoms with E-state index in [4.69, 9.17) is 5.73 Å². The molecule has 0 radical (unpaired) electrons. The molecule has 0 amide bonds. The maximum absolute atomic E-state index is 12.0. The summed E-state index contributed by atoms with van der Waals surface area (Å²) in [5, 5.41) is 0. The molecule has 0 bridgehead atoms. The van der Waals surface area contributed by atoms with E-state index in [0.29, 0.717) is 25.3 Å². The number of hydrogen-bond donors (Lipinski definition) is 2. The van der Waals surface area contributed by atoms with Crippen molar-refractivity contribution in [1.82, 2.24) is 4.72 Å². The van der Waals surface area contributed by atoms with E-state index in [1.54, 1.807) is 25.1 Å². The Morgan fingerprint density at radius 1 is 1.35 bits per heavy atom. The zero-order chi connectivity index (χ0) is 12.9. The predicted octanol–water partition coefficient (Wildman–Crippen LogP) is 0.380. The molecule has 6 heteroatoms. The van der Waals surface area contributed by atoms with Gasteiger partial charge in [0.15, 0.2) is 0 Å². The van der Waals surface area contributed by atoms with Crippen molar-refractivity contribution in [1.29, 1.82) is 0 Å². The minimum absolute atomic E-state index is 0.290. The van der Waals surface area contributed by atoms with Crippen LogP contribution in [0.4, 0.5) is 5.69 Å². The number of nitrogens with zero attached hydrogens (tertiary/aromatic N) is 1. The van der Waals surface area contributed by atoms with Crippen molar-refractivity contribution in [3.05, 3.63) is 24.3 Å². The van der Waals surface area contributed by atoms with Crippen LogP contribution in [-0.2, 0) is 10.0 Å². The van der Waals surface area contributed by atoms with Gasteiger partial charge in [-0.05, 0) is 12.1 Å². The SMILES string of the molecule is CCNS(=O)(=O)c1ccccc1N(C)CCN. The second-order valence-electron chi connectivity index (χ2n) is 3.68. The van der Waals surface area contributed by atoms with E-state index in [9.17, 15) is 8.42 Å². The topological polar surface area (TPSA) is 75.4 Å². The van der Waals surface area contributed by atoms with Crippen LogP contribution in [0.25, 0.3) is 0 Å². The monoisotopic (exact) mass is 257 g/mol. The number of nitrogens with one attached hydrogen (secondary N) is 1. The lowest BCUT2D eigenvalue weighted by Crippen LogP contribution is -2.29. The molecule has 0 aliphatic carbocycles. The summed E-state index contributed by atoms with van der Waals surface area (Å²) in [7, 11) is -1.61. The molecular weight excluding hydrogens is 238 g/mol. The van der Waals surface area contributed by atoms with Crippen LogP contribution in [0.2, 0.25) is 0 Å². The molecule has 0 aliphatic heterocycles. The summed E-state index contributed by atoms with van der Waals surface area (Å²) >= 11 is 0. The van der Waals surface area contributed by atoms with Gasteiger partial charge in [-0.3, -0.25) is 0 Å². The van der Waals surface area contributed by atoms with E-state index in [2.05, 4.69) is 4.72 Å². The Bertz CT molecular complexity index is 460. The number of sulfonamides is 1. The molecule has 0 atom stereocenters. The van der Waals surface area contributed by atoms with Gasteiger partial charge in [-0.15, -0.1) is 0 Å². The van der Waals surface area contributed by atoms with Gasteiger partial charge in [-0.1, -0.05) is 19.1 Å². The molecule has 0 saturated carbocycles. The van der Waals surface area contributed by atoms with Crippen molar-refractivity contribution in [2.24, 2.45) is 5.73 Å². The fraction of sp³-hybridized carbons (Fsp3) is 0.455. The maximum atomic E-state index is 12.0. The Balaban J connectivity index is 3.16. The molecule has 0 unspecified atom stereocenters. The summed E-state index contributed by atoms with van der Waals surface area (Å²) < 4.78 is 26.5. The third kappa shape index (κ3) is 3.42. The molecule has 0 aliphatic rings. The standard InChI is InChI=1S/C11H19N3O2S/c1-3-13-17(15,16)11-7-5-4-6-10(11)14(2)9-8-12/h4-7,13H,3,8-9,12H2,1-2H3. The van der Waals surface area contributed by atoms with Gasteiger partial charge < -0.3 is 10.6 Å². The second kappa shape index (κ2) is 6.00. The first-order valence-electron chi connectivity index (χ1n) is 5.52. The molecule has 5 nitrogen and oxygen atoms in total. The fourth-order valence-electron chi connectivity index (χ4n) is 1.58. The first kappa shape index (κ1) is 14.0. The van der Waals surface area contributed by atoms with Crippen LogP contribution in [-0.4, -0.2) is 35.1 Å². The zero-order valence-corrected chi connectivity index (χ0v) is 11.0. The van der Waals surface area contributed by atoms with E-state index >= 15 is 0 Å². The van der Waals surface area contributed by atoms with E-state index in [1.165, 1.54) is 0 Å². The minimum Gasteiger partial charge on any atom is -0.372 e. The first-order valence-corrected chi connectivity index (χ1v) is 7.01. The smallest absolute Gasteiger partial charge is 0.242 e. The number of nitrogens with two attached hydrogens (primary N) is 1. The van der Waals surface area contributed by atoms with Gasteiger partial charge in [0.05, 0.1) is 5.69 Å². The summed E-state index contributed by atoms with van der Waals surface area (Å²) in [4.78, 5) is 2.13. The van der Waals surface area contributed by atoms with Crippen LogP contribution in [0.1, 0.15) is 6.92 Å². The Hall–Kier alpha value is -1.11. The van der Waals surface area contributed by atoms with Crippen LogP contribution in [0, 0.1) is 0 Å². The van der Waals surface area contributed by atoms with Crippen molar-refractivity contribution in [3.8, 4) is 0 Å². The lowest BCUT2D eigenvalue weighted by atomic mass is 10.3. The molecule has 1 aromatic carbocycles. The summed E-state index contributed by atoms with van der Waals surface area (Å²) in [6, 6.07) is 6.90. The van der Waals surface area contributed by atoms with Gasteiger partial charge in [0.25, 0.3) is 0 Å². The molecule has 0 saturated heterocycles. The number of anilines is 1.